The molecule has 0 aliphatic rings. The van der Waals surface area contributed by atoms with Gasteiger partial charge in [-0.15, -0.1) is 0 Å². The summed E-state index contributed by atoms with van der Waals surface area (Å²) in [5.41, 5.74) is 3.44. The number of hydrogen-bond donors (Lipinski definition) is 0. The minimum atomic E-state index is -3.74. The molecular formula is C28H34O6S2. The largest absolute Gasteiger partial charge is 0.296 e. The van der Waals surface area contributed by atoms with Crippen LogP contribution in [-0.4, -0.2) is 30.0 Å². The molecule has 194 valence electrons. The molecule has 0 N–H and O–H groups in total. The van der Waals surface area contributed by atoms with E-state index >= 15 is 0 Å². The first-order valence-corrected chi connectivity index (χ1v) is 14.6. The van der Waals surface area contributed by atoms with Crippen molar-refractivity contribution in [3.05, 3.63) is 84.0 Å². The minimum absolute atomic E-state index is 0.103. The van der Waals surface area contributed by atoms with Gasteiger partial charge in [0.2, 0.25) is 0 Å². The highest BCUT2D eigenvalue weighted by molar-refractivity contribution is 7.87. The summed E-state index contributed by atoms with van der Waals surface area (Å²) >= 11 is 0. The van der Waals surface area contributed by atoms with Crippen molar-refractivity contribution in [3.63, 3.8) is 0 Å². The van der Waals surface area contributed by atoms with Crippen LogP contribution in [0.3, 0.4) is 0 Å². The van der Waals surface area contributed by atoms with Crippen molar-refractivity contribution < 1.29 is 25.2 Å². The summed E-state index contributed by atoms with van der Waals surface area (Å²) in [6.45, 7) is 11.9. The summed E-state index contributed by atoms with van der Waals surface area (Å²) in [7, 11) is -7.48. The molecule has 2 rings (SSSR count). The van der Waals surface area contributed by atoms with Gasteiger partial charge in [-0.1, -0.05) is 60.4 Å². The maximum Gasteiger partial charge on any atom is 0.296 e. The molecule has 0 saturated heterocycles. The molecule has 0 bridgehead atoms. The standard InChI is InChI=1S/C28H34O6S2/c1-23(9-5-7-21-33-35(29,30)27-17-13-25(3)14-18-27)11-12-24(2)10-6-8-22-34-36(31,32)28-19-15-26(4)16-20-28/h13-20H,1-2,5-10,21-22H2,3-4H3. The zero-order valence-corrected chi connectivity index (χ0v) is 22.6. The van der Waals surface area contributed by atoms with Crippen molar-refractivity contribution in [2.75, 3.05) is 13.2 Å². The lowest BCUT2D eigenvalue weighted by atomic mass is 10.1. The number of aryl methyl sites for hydroxylation is 2. The molecule has 0 aromatic heterocycles. The Kier molecular flexibility index (Phi) is 11.6. The first-order valence-electron chi connectivity index (χ1n) is 11.8. The molecule has 0 fully saturated rings. The van der Waals surface area contributed by atoms with Crippen molar-refractivity contribution >= 4 is 20.2 Å². The van der Waals surface area contributed by atoms with Gasteiger partial charge in [-0.05, 0) is 87.8 Å². The number of unbranched alkanes of at least 4 members (excludes halogenated alkanes) is 2. The van der Waals surface area contributed by atoms with Crippen LogP contribution >= 0.6 is 0 Å². The van der Waals surface area contributed by atoms with Crippen LogP contribution in [0, 0.1) is 25.7 Å². The lowest BCUT2D eigenvalue weighted by Crippen LogP contribution is -2.07. The molecule has 0 spiro atoms. The zero-order valence-electron chi connectivity index (χ0n) is 21.0. The predicted molar refractivity (Wildman–Crippen MR) is 142 cm³/mol. The maximum absolute atomic E-state index is 12.2. The van der Waals surface area contributed by atoms with Gasteiger partial charge in [0, 0.05) is 0 Å². The van der Waals surface area contributed by atoms with Crippen LogP contribution in [0.15, 0.2) is 82.6 Å². The SMILES string of the molecule is C=C(C#CC(=C)CCCCOS(=O)(=O)c1ccc(C)cc1)CCCCOS(=O)(=O)c1ccc(C)cc1. The van der Waals surface area contributed by atoms with Crippen molar-refractivity contribution in [2.24, 2.45) is 0 Å². The van der Waals surface area contributed by atoms with Gasteiger partial charge >= 0.3 is 0 Å². The van der Waals surface area contributed by atoms with E-state index in [1.807, 2.05) is 13.8 Å². The van der Waals surface area contributed by atoms with E-state index in [9.17, 15) is 16.8 Å². The molecule has 0 aliphatic carbocycles. The maximum atomic E-state index is 12.2. The Hall–Kier alpha value is -2.70. The smallest absolute Gasteiger partial charge is 0.266 e. The van der Waals surface area contributed by atoms with Crippen molar-refractivity contribution in [1.82, 2.24) is 0 Å². The summed E-state index contributed by atoms with van der Waals surface area (Å²) in [4.78, 5) is 0.308. The van der Waals surface area contributed by atoms with Crippen LogP contribution in [0.4, 0.5) is 0 Å². The molecule has 0 heterocycles. The monoisotopic (exact) mass is 530 g/mol. The van der Waals surface area contributed by atoms with Gasteiger partial charge in [-0.25, -0.2) is 0 Å². The first-order chi connectivity index (χ1) is 17.0. The molecule has 2 aromatic rings. The van der Waals surface area contributed by atoms with Gasteiger partial charge in [-0.2, -0.15) is 16.8 Å². The molecule has 0 aliphatic heterocycles. The van der Waals surface area contributed by atoms with E-state index in [4.69, 9.17) is 8.37 Å². The molecule has 0 amide bonds. The van der Waals surface area contributed by atoms with Gasteiger partial charge in [0.05, 0.1) is 23.0 Å². The third-order valence-corrected chi connectivity index (χ3v) is 7.91. The number of benzene rings is 2. The van der Waals surface area contributed by atoms with E-state index in [-0.39, 0.29) is 23.0 Å². The van der Waals surface area contributed by atoms with E-state index in [0.717, 1.165) is 22.3 Å². The Bertz CT molecular complexity index is 1190. The number of hydrogen-bond acceptors (Lipinski definition) is 6. The fraction of sp³-hybridized carbons (Fsp3) is 0.357. The molecular weight excluding hydrogens is 496 g/mol. The average Bonchev–Trinajstić information content (AvgIpc) is 2.82. The third kappa shape index (κ3) is 10.5. The van der Waals surface area contributed by atoms with Gasteiger partial charge < -0.3 is 0 Å². The van der Waals surface area contributed by atoms with Crippen LogP contribution < -0.4 is 0 Å². The van der Waals surface area contributed by atoms with Crippen molar-refractivity contribution in [2.45, 2.75) is 62.2 Å². The summed E-state index contributed by atoms with van der Waals surface area (Å²) in [5.74, 6) is 5.96. The highest BCUT2D eigenvalue weighted by Crippen LogP contribution is 2.16. The van der Waals surface area contributed by atoms with E-state index in [1.165, 1.54) is 24.3 Å². The number of allylic oxidation sites excluding steroid dienone is 2. The van der Waals surface area contributed by atoms with Crippen LogP contribution in [0.25, 0.3) is 0 Å². The summed E-state index contributed by atoms with van der Waals surface area (Å²) in [6, 6.07) is 13.1. The topological polar surface area (TPSA) is 86.7 Å². The van der Waals surface area contributed by atoms with E-state index < -0.39 is 20.2 Å². The van der Waals surface area contributed by atoms with Gasteiger partial charge in [-0.3, -0.25) is 8.37 Å². The Morgan fingerprint density at radius 1 is 0.639 bits per heavy atom. The highest BCUT2D eigenvalue weighted by Gasteiger charge is 2.15. The third-order valence-electron chi connectivity index (χ3n) is 5.26. The quantitative estimate of drug-likeness (QED) is 0.172. The zero-order chi connectivity index (χ0) is 26.6. The van der Waals surface area contributed by atoms with Crippen LogP contribution in [0.2, 0.25) is 0 Å². The van der Waals surface area contributed by atoms with Crippen molar-refractivity contribution in [3.8, 4) is 11.8 Å². The van der Waals surface area contributed by atoms with Crippen LogP contribution in [-0.2, 0) is 28.6 Å². The Balaban J connectivity index is 1.60. The van der Waals surface area contributed by atoms with Gasteiger partial charge in [0.1, 0.15) is 0 Å². The predicted octanol–water partition coefficient (Wildman–Crippen LogP) is 5.87. The summed E-state index contributed by atoms with van der Waals surface area (Å²) in [5, 5.41) is 0. The summed E-state index contributed by atoms with van der Waals surface area (Å²) in [6.07, 6.45) is 3.82. The van der Waals surface area contributed by atoms with Crippen molar-refractivity contribution in [1.29, 1.82) is 0 Å². The average molecular weight is 531 g/mol. The molecule has 0 radical (unpaired) electrons. The van der Waals surface area contributed by atoms with Crippen LogP contribution in [0.5, 0.6) is 0 Å². The Morgan fingerprint density at radius 3 is 1.31 bits per heavy atom. The van der Waals surface area contributed by atoms with E-state index in [2.05, 4.69) is 25.0 Å². The Morgan fingerprint density at radius 2 is 0.972 bits per heavy atom. The molecule has 8 heteroatoms. The normalized spacial score (nSPS) is 11.5. The minimum Gasteiger partial charge on any atom is -0.266 e. The lowest BCUT2D eigenvalue weighted by Gasteiger charge is -2.06. The second-order valence-corrected chi connectivity index (χ2v) is 11.8. The second kappa shape index (κ2) is 14.1. The molecule has 2 aromatic carbocycles. The molecule has 36 heavy (non-hydrogen) atoms. The Labute approximate surface area is 216 Å². The summed E-state index contributed by atoms with van der Waals surface area (Å²) < 4.78 is 58.8. The molecule has 0 saturated carbocycles. The fourth-order valence-corrected chi connectivity index (χ4v) is 4.95. The molecule has 0 atom stereocenters. The number of rotatable bonds is 14. The first kappa shape index (κ1) is 29.5. The molecule has 0 unspecified atom stereocenters. The van der Waals surface area contributed by atoms with E-state index in [0.29, 0.717) is 38.5 Å². The van der Waals surface area contributed by atoms with Gasteiger partial charge in [0.25, 0.3) is 20.2 Å². The lowest BCUT2D eigenvalue weighted by molar-refractivity contribution is 0.308. The fourth-order valence-electron chi connectivity index (χ4n) is 3.07. The van der Waals surface area contributed by atoms with Crippen LogP contribution in [0.1, 0.15) is 49.7 Å². The van der Waals surface area contributed by atoms with E-state index in [1.54, 1.807) is 24.3 Å². The second-order valence-electron chi connectivity index (χ2n) is 8.55. The molecule has 6 nitrogen and oxygen atoms in total. The highest BCUT2D eigenvalue weighted by atomic mass is 32.2. The van der Waals surface area contributed by atoms with Gasteiger partial charge in [0.15, 0.2) is 0 Å².